The van der Waals surface area contributed by atoms with Crippen molar-refractivity contribution >= 4 is 67.1 Å². The van der Waals surface area contributed by atoms with Gasteiger partial charge in [0.1, 0.15) is 0 Å². The number of thiocarbonyl (C=S) groups is 1. The van der Waals surface area contributed by atoms with Crippen molar-refractivity contribution in [3.05, 3.63) is 86.8 Å². The zero-order valence-electron chi connectivity index (χ0n) is 17.4. The molecule has 3 aromatic carbocycles. The predicted molar refractivity (Wildman–Crippen MR) is 139 cm³/mol. The van der Waals surface area contributed by atoms with Crippen molar-refractivity contribution in [1.82, 2.24) is 4.57 Å². The lowest BCUT2D eigenvalue weighted by Gasteiger charge is -2.08. The van der Waals surface area contributed by atoms with Gasteiger partial charge in [0.25, 0.3) is 0 Å². The smallest absolute Gasteiger partial charge is 0.221 e. The summed E-state index contributed by atoms with van der Waals surface area (Å²) < 4.78 is 2.63. The number of rotatable bonds is 4. The number of benzene rings is 3. The largest absolute Gasteiger partial charge is 0.493 e. The summed E-state index contributed by atoms with van der Waals surface area (Å²) >= 11 is 15.2. The Morgan fingerprint density at radius 1 is 1.09 bits per heavy atom. The van der Waals surface area contributed by atoms with E-state index in [0.717, 1.165) is 37.8 Å². The van der Waals surface area contributed by atoms with Crippen molar-refractivity contribution in [3.8, 4) is 5.88 Å². The SMILES string of the molecule is Cc1cc(C)cc(NC(=S)N=Nc2c(O)n(Cc3ccccc3Cl)c3ccc(Br)cc23)c1. The molecule has 32 heavy (non-hydrogen) atoms. The fourth-order valence-corrected chi connectivity index (χ4v) is 4.36. The highest BCUT2D eigenvalue weighted by Gasteiger charge is 2.18. The fourth-order valence-electron chi connectivity index (χ4n) is 3.64. The Hall–Kier alpha value is -2.74. The number of aromatic nitrogens is 1. The van der Waals surface area contributed by atoms with Gasteiger partial charge in [-0.3, -0.25) is 0 Å². The molecule has 4 aromatic rings. The lowest BCUT2D eigenvalue weighted by molar-refractivity contribution is 0.429. The van der Waals surface area contributed by atoms with Gasteiger partial charge in [0, 0.05) is 20.6 Å². The maximum Gasteiger partial charge on any atom is 0.221 e. The van der Waals surface area contributed by atoms with Gasteiger partial charge in [-0.1, -0.05) is 51.8 Å². The van der Waals surface area contributed by atoms with Crippen LogP contribution < -0.4 is 5.32 Å². The summed E-state index contributed by atoms with van der Waals surface area (Å²) in [6.07, 6.45) is 0. The Kier molecular flexibility index (Phi) is 6.60. The van der Waals surface area contributed by atoms with Crippen LogP contribution in [0.5, 0.6) is 5.88 Å². The van der Waals surface area contributed by atoms with Crippen LogP contribution in [0.4, 0.5) is 11.4 Å². The highest BCUT2D eigenvalue weighted by atomic mass is 79.9. The molecule has 0 aliphatic carbocycles. The molecular weight excluding hydrogens is 508 g/mol. The Morgan fingerprint density at radius 2 is 1.81 bits per heavy atom. The molecule has 1 aromatic heterocycles. The summed E-state index contributed by atoms with van der Waals surface area (Å²) in [7, 11) is 0. The van der Waals surface area contributed by atoms with E-state index in [1.165, 1.54) is 0 Å². The molecule has 5 nitrogen and oxygen atoms in total. The van der Waals surface area contributed by atoms with Crippen LogP contribution in [0.3, 0.4) is 0 Å². The number of fused-ring (bicyclic) bond motifs is 1. The van der Waals surface area contributed by atoms with Crippen molar-refractivity contribution < 1.29 is 5.11 Å². The maximum absolute atomic E-state index is 11.0. The molecule has 2 N–H and O–H groups in total. The molecule has 0 radical (unpaired) electrons. The van der Waals surface area contributed by atoms with Crippen LogP contribution in [0.2, 0.25) is 5.02 Å². The fraction of sp³-hybridized carbons (Fsp3) is 0.125. The van der Waals surface area contributed by atoms with Gasteiger partial charge in [-0.25, -0.2) is 0 Å². The molecule has 0 amide bonds. The molecule has 0 fully saturated rings. The highest BCUT2D eigenvalue weighted by Crippen LogP contribution is 2.41. The molecule has 0 saturated heterocycles. The molecule has 0 atom stereocenters. The molecule has 4 rings (SSSR count). The van der Waals surface area contributed by atoms with Gasteiger partial charge in [0.05, 0.1) is 12.1 Å². The average Bonchev–Trinajstić information content (AvgIpc) is 2.97. The number of azo groups is 1. The van der Waals surface area contributed by atoms with Crippen LogP contribution in [-0.4, -0.2) is 14.8 Å². The third kappa shape index (κ3) is 4.85. The molecule has 1 heterocycles. The lowest BCUT2D eigenvalue weighted by Crippen LogP contribution is -2.05. The first-order chi connectivity index (χ1) is 15.3. The topological polar surface area (TPSA) is 61.9 Å². The van der Waals surface area contributed by atoms with Gasteiger partial charge in [0.15, 0.2) is 5.69 Å². The number of anilines is 1. The number of hydrogen-bond donors (Lipinski definition) is 2. The minimum atomic E-state index is -0.00373. The van der Waals surface area contributed by atoms with Gasteiger partial charge in [0.2, 0.25) is 11.0 Å². The first kappa shape index (κ1) is 22.5. The second-order valence-electron chi connectivity index (χ2n) is 7.52. The van der Waals surface area contributed by atoms with Crippen LogP contribution in [0.15, 0.2) is 75.4 Å². The van der Waals surface area contributed by atoms with E-state index in [2.05, 4.69) is 37.5 Å². The maximum atomic E-state index is 11.0. The van der Waals surface area contributed by atoms with E-state index in [4.69, 9.17) is 23.8 Å². The van der Waals surface area contributed by atoms with E-state index in [1.54, 1.807) is 4.57 Å². The lowest BCUT2D eigenvalue weighted by atomic mass is 10.1. The van der Waals surface area contributed by atoms with E-state index < -0.39 is 0 Å². The van der Waals surface area contributed by atoms with E-state index in [1.807, 2.05) is 68.4 Å². The summed E-state index contributed by atoms with van der Waals surface area (Å²) in [4.78, 5) is 0. The van der Waals surface area contributed by atoms with E-state index in [0.29, 0.717) is 17.3 Å². The van der Waals surface area contributed by atoms with Crippen molar-refractivity contribution in [2.45, 2.75) is 20.4 Å². The van der Waals surface area contributed by atoms with Gasteiger partial charge < -0.3 is 15.0 Å². The molecule has 0 unspecified atom stereocenters. The standard InChI is InChI=1S/C24H20BrClN4OS/c1-14-9-15(2)11-18(10-14)27-24(32)29-28-22-19-12-17(25)7-8-21(19)30(23(22)31)13-16-5-3-4-6-20(16)26/h3-12,31H,13H2,1-2H3,(H,27,32). The first-order valence-electron chi connectivity index (χ1n) is 9.87. The Morgan fingerprint density at radius 3 is 2.53 bits per heavy atom. The van der Waals surface area contributed by atoms with Crippen molar-refractivity contribution in [2.24, 2.45) is 10.2 Å². The Labute approximate surface area is 204 Å². The molecular formula is C24H20BrClN4OS. The van der Waals surface area contributed by atoms with E-state index in [9.17, 15) is 5.11 Å². The number of aromatic hydroxyl groups is 1. The van der Waals surface area contributed by atoms with E-state index >= 15 is 0 Å². The van der Waals surface area contributed by atoms with Crippen LogP contribution in [0.1, 0.15) is 16.7 Å². The van der Waals surface area contributed by atoms with Crippen molar-refractivity contribution in [3.63, 3.8) is 0 Å². The zero-order chi connectivity index (χ0) is 22.8. The number of aryl methyl sites for hydroxylation is 2. The third-order valence-corrected chi connectivity index (χ3v) is 6.02. The minimum Gasteiger partial charge on any atom is -0.493 e. The van der Waals surface area contributed by atoms with Crippen LogP contribution >= 0.6 is 39.7 Å². The molecule has 0 spiro atoms. The molecule has 0 aliphatic rings. The quantitative estimate of drug-likeness (QED) is 0.209. The van der Waals surface area contributed by atoms with Crippen LogP contribution in [-0.2, 0) is 6.54 Å². The predicted octanol–water partition coefficient (Wildman–Crippen LogP) is 7.91. The highest BCUT2D eigenvalue weighted by molar-refractivity contribution is 9.10. The number of nitrogens with zero attached hydrogens (tertiary/aromatic N) is 3. The summed E-state index contributed by atoms with van der Waals surface area (Å²) in [6.45, 7) is 4.43. The third-order valence-electron chi connectivity index (χ3n) is 4.97. The summed E-state index contributed by atoms with van der Waals surface area (Å²) in [5.74, 6) is -0.00373. The van der Waals surface area contributed by atoms with Gasteiger partial charge in [-0.2, -0.15) is 0 Å². The zero-order valence-corrected chi connectivity index (χ0v) is 20.6. The van der Waals surface area contributed by atoms with Crippen molar-refractivity contribution in [2.75, 3.05) is 5.32 Å². The monoisotopic (exact) mass is 526 g/mol. The Bertz CT molecular complexity index is 1350. The van der Waals surface area contributed by atoms with Crippen LogP contribution in [0, 0.1) is 13.8 Å². The molecule has 162 valence electrons. The second-order valence-corrected chi connectivity index (χ2v) is 9.23. The molecule has 0 aliphatic heterocycles. The molecule has 8 heteroatoms. The molecule has 0 saturated carbocycles. The average molecular weight is 528 g/mol. The minimum absolute atomic E-state index is 0.00373. The second kappa shape index (κ2) is 9.40. The summed E-state index contributed by atoms with van der Waals surface area (Å²) in [6, 6.07) is 19.3. The molecule has 0 bridgehead atoms. The van der Waals surface area contributed by atoms with Gasteiger partial charge in [-0.05, 0) is 79.2 Å². The summed E-state index contributed by atoms with van der Waals surface area (Å²) in [5, 5.41) is 24.1. The number of nitrogens with one attached hydrogen (secondary N) is 1. The first-order valence-corrected chi connectivity index (χ1v) is 11.4. The summed E-state index contributed by atoms with van der Waals surface area (Å²) in [5.41, 5.74) is 5.14. The van der Waals surface area contributed by atoms with E-state index in [-0.39, 0.29) is 11.0 Å². The normalized spacial score (nSPS) is 11.4. The van der Waals surface area contributed by atoms with Crippen LogP contribution in [0.25, 0.3) is 10.9 Å². The number of hydrogen-bond acceptors (Lipinski definition) is 3. The van der Waals surface area contributed by atoms with Gasteiger partial charge in [-0.15, -0.1) is 10.2 Å². The number of halogens is 2. The van der Waals surface area contributed by atoms with Gasteiger partial charge >= 0.3 is 0 Å². The van der Waals surface area contributed by atoms with Crippen molar-refractivity contribution in [1.29, 1.82) is 0 Å². The Balaban J connectivity index is 1.69.